The Morgan fingerprint density at radius 2 is 1.94 bits per heavy atom. The highest BCUT2D eigenvalue weighted by atomic mass is 16.4. The number of carboxylic acid groups (broad SMARTS) is 1. The summed E-state index contributed by atoms with van der Waals surface area (Å²) >= 11 is 0. The van der Waals surface area contributed by atoms with Crippen LogP contribution >= 0.6 is 0 Å². The van der Waals surface area contributed by atoms with E-state index in [1.165, 1.54) is 12.8 Å². The Morgan fingerprint density at radius 1 is 1.31 bits per heavy atom. The van der Waals surface area contributed by atoms with E-state index in [1.54, 1.807) is 0 Å². The lowest BCUT2D eigenvalue weighted by Crippen LogP contribution is -2.47. The predicted molar refractivity (Wildman–Crippen MR) is 62.4 cm³/mol. The number of hydrogen-bond acceptors (Lipinski definition) is 3. The van der Waals surface area contributed by atoms with Crippen molar-refractivity contribution >= 4 is 5.97 Å². The van der Waals surface area contributed by atoms with Crippen LogP contribution in [0.25, 0.3) is 0 Å². The van der Waals surface area contributed by atoms with E-state index in [-0.39, 0.29) is 5.92 Å². The number of piperazine rings is 1. The fourth-order valence-electron chi connectivity index (χ4n) is 2.96. The molecule has 0 aromatic heterocycles. The lowest BCUT2D eigenvalue weighted by Gasteiger charge is -2.31. The fourth-order valence-corrected chi connectivity index (χ4v) is 2.96. The number of carbonyl (C=O) groups is 1. The van der Waals surface area contributed by atoms with Gasteiger partial charge in [-0.1, -0.05) is 12.8 Å². The Balaban J connectivity index is 1.88. The number of aliphatic carboxylic acids is 1. The molecule has 0 aromatic rings. The summed E-state index contributed by atoms with van der Waals surface area (Å²) in [5.74, 6) is -0.307. The average Bonchev–Trinajstić information content (AvgIpc) is 2.80. The molecule has 1 saturated heterocycles. The van der Waals surface area contributed by atoms with Gasteiger partial charge in [0.2, 0.25) is 0 Å². The van der Waals surface area contributed by atoms with Gasteiger partial charge in [0.25, 0.3) is 0 Å². The zero-order valence-electron chi connectivity index (χ0n) is 9.82. The lowest BCUT2D eigenvalue weighted by molar-refractivity contribution is -0.144. The Hall–Kier alpha value is -0.610. The molecular weight excluding hydrogens is 204 g/mol. The van der Waals surface area contributed by atoms with Gasteiger partial charge in [0, 0.05) is 32.7 Å². The lowest BCUT2D eigenvalue weighted by atomic mass is 9.90. The molecule has 1 heterocycles. The van der Waals surface area contributed by atoms with Gasteiger partial charge in [0.05, 0.1) is 5.92 Å². The van der Waals surface area contributed by atoms with Crippen LogP contribution in [0, 0.1) is 11.8 Å². The Morgan fingerprint density at radius 3 is 2.50 bits per heavy atom. The fraction of sp³-hybridized carbons (Fsp3) is 0.917. The zero-order chi connectivity index (χ0) is 11.4. The molecule has 1 unspecified atom stereocenters. The van der Waals surface area contributed by atoms with Crippen LogP contribution in [0.5, 0.6) is 0 Å². The monoisotopic (exact) mass is 226 g/mol. The first-order valence-electron chi connectivity index (χ1n) is 6.43. The smallest absolute Gasteiger partial charge is 0.308 e. The van der Waals surface area contributed by atoms with E-state index in [4.69, 9.17) is 0 Å². The van der Waals surface area contributed by atoms with Crippen molar-refractivity contribution in [2.75, 3.05) is 32.7 Å². The summed E-state index contributed by atoms with van der Waals surface area (Å²) in [7, 11) is 0. The number of carboxylic acids is 1. The third-order valence-corrected chi connectivity index (χ3v) is 3.95. The molecule has 4 nitrogen and oxygen atoms in total. The molecule has 0 spiro atoms. The third-order valence-electron chi connectivity index (χ3n) is 3.95. The third kappa shape index (κ3) is 2.95. The summed E-state index contributed by atoms with van der Waals surface area (Å²) < 4.78 is 0. The highest BCUT2D eigenvalue weighted by molar-refractivity contribution is 5.70. The van der Waals surface area contributed by atoms with E-state index in [9.17, 15) is 9.90 Å². The summed E-state index contributed by atoms with van der Waals surface area (Å²) in [6, 6.07) is 0. The molecule has 1 saturated carbocycles. The normalized spacial score (nSPS) is 25.8. The highest BCUT2D eigenvalue weighted by Gasteiger charge is 2.32. The first kappa shape index (κ1) is 11.9. The molecule has 2 rings (SSSR count). The minimum absolute atomic E-state index is 0.138. The largest absolute Gasteiger partial charge is 0.481 e. The molecule has 1 aliphatic heterocycles. The first-order valence-corrected chi connectivity index (χ1v) is 6.43. The molecule has 0 bridgehead atoms. The van der Waals surface area contributed by atoms with Crippen molar-refractivity contribution in [3.8, 4) is 0 Å². The van der Waals surface area contributed by atoms with Crippen molar-refractivity contribution in [1.82, 2.24) is 10.2 Å². The van der Waals surface area contributed by atoms with E-state index in [0.29, 0.717) is 5.92 Å². The molecule has 0 aromatic carbocycles. The van der Waals surface area contributed by atoms with Crippen LogP contribution in [0.3, 0.4) is 0 Å². The average molecular weight is 226 g/mol. The first-order chi connectivity index (χ1) is 7.77. The molecule has 4 heteroatoms. The topological polar surface area (TPSA) is 52.6 Å². The van der Waals surface area contributed by atoms with Crippen LogP contribution < -0.4 is 5.32 Å². The standard InChI is InChI=1S/C12H22N2O2/c15-12(16)11(10-3-1-2-4-10)9-14-7-5-13-6-8-14/h10-11,13H,1-9H2,(H,15,16). The van der Waals surface area contributed by atoms with Gasteiger partial charge in [0.15, 0.2) is 0 Å². The Labute approximate surface area is 97.0 Å². The van der Waals surface area contributed by atoms with E-state index < -0.39 is 5.97 Å². The molecule has 0 radical (unpaired) electrons. The van der Waals surface area contributed by atoms with Gasteiger partial charge in [-0.15, -0.1) is 0 Å². The summed E-state index contributed by atoms with van der Waals surface area (Å²) in [5, 5.41) is 12.6. The van der Waals surface area contributed by atoms with E-state index >= 15 is 0 Å². The van der Waals surface area contributed by atoms with Crippen LogP contribution in [0.4, 0.5) is 0 Å². The molecule has 2 aliphatic rings. The Kier molecular flexibility index (Phi) is 4.18. The van der Waals surface area contributed by atoms with Crippen LogP contribution in [-0.4, -0.2) is 48.7 Å². The minimum atomic E-state index is -0.592. The summed E-state index contributed by atoms with van der Waals surface area (Å²) in [6.45, 7) is 4.74. The number of hydrogen-bond donors (Lipinski definition) is 2. The molecule has 2 fully saturated rings. The number of nitrogens with zero attached hydrogens (tertiary/aromatic N) is 1. The van der Waals surface area contributed by atoms with Crippen LogP contribution in [0.1, 0.15) is 25.7 Å². The molecule has 92 valence electrons. The van der Waals surface area contributed by atoms with Gasteiger partial charge < -0.3 is 10.4 Å². The maximum absolute atomic E-state index is 11.3. The minimum Gasteiger partial charge on any atom is -0.481 e. The van der Waals surface area contributed by atoms with Crippen LogP contribution in [0.15, 0.2) is 0 Å². The van der Waals surface area contributed by atoms with Gasteiger partial charge in [-0.05, 0) is 18.8 Å². The van der Waals surface area contributed by atoms with Crippen molar-refractivity contribution in [2.24, 2.45) is 11.8 Å². The second-order valence-electron chi connectivity index (χ2n) is 5.04. The van der Waals surface area contributed by atoms with Crippen molar-refractivity contribution in [3.05, 3.63) is 0 Å². The maximum Gasteiger partial charge on any atom is 0.308 e. The second kappa shape index (κ2) is 5.64. The molecule has 1 aliphatic carbocycles. The SMILES string of the molecule is O=C(O)C(CN1CCNCC1)C1CCCC1. The number of nitrogens with one attached hydrogen (secondary N) is 1. The van der Waals surface area contributed by atoms with Crippen molar-refractivity contribution in [2.45, 2.75) is 25.7 Å². The molecule has 0 amide bonds. The van der Waals surface area contributed by atoms with Gasteiger partial charge in [-0.25, -0.2) is 0 Å². The zero-order valence-corrected chi connectivity index (χ0v) is 9.82. The molecule has 2 N–H and O–H groups in total. The summed E-state index contributed by atoms with van der Waals surface area (Å²) in [4.78, 5) is 13.6. The predicted octanol–water partition coefficient (Wildman–Crippen LogP) is 0.783. The van der Waals surface area contributed by atoms with Gasteiger partial charge in [0.1, 0.15) is 0 Å². The van der Waals surface area contributed by atoms with E-state index in [0.717, 1.165) is 45.6 Å². The summed E-state index contributed by atoms with van der Waals surface area (Å²) in [5.41, 5.74) is 0. The van der Waals surface area contributed by atoms with Crippen molar-refractivity contribution in [3.63, 3.8) is 0 Å². The van der Waals surface area contributed by atoms with Gasteiger partial charge >= 0.3 is 5.97 Å². The van der Waals surface area contributed by atoms with Gasteiger partial charge in [-0.3, -0.25) is 9.69 Å². The number of rotatable bonds is 4. The highest BCUT2D eigenvalue weighted by Crippen LogP contribution is 2.32. The molecule has 16 heavy (non-hydrogen) atoms. The second-order valence-corrected chi connectivity index (χ2v) is 5.04. The van der Waals surface area contributed by atoms with E-state index in [1.807, 2.05) is 0 Å². The maximum atomic E-state index is 11.3. The van der Waals surface area contributed by atoms with E-state index in [2.05, 4.69) is 10.2 Å². The summed E-state index contributed by atoms with van der Waals surface area (Å²) in [6.07, 6.45) is 4.66. The molecule has 1 atom stereocenters. The van der Waals surface area contributed by atoms with Crippen LogP contribution in [-0.2, 0) is 4.79 Å². The quantitative estimate of drug-likeness (QED) is 0.744. The van der Waals surface area contributed by atoms with Crippen molar-refractivity contribution < 1.29 is 9.90 Å². The molecular formula is C12H22N2O2. The Bertz CT molecular complexity index is 233. The van der Waals surface area contributed by atoms with Crippen molar-refractivity contribution in [1.29, 1.82) is 0 Å². The van der Waals surface area contributed by atoms with Gasteiger partial charge in [-0.2, -0.15) is 0 Å². The van der Waals surface area contributed by atoms with Crippen LogP contribution in [0.2, 0.25) is 0 Å².